The molecule has 0 aliphatic carbocycles. The monoisotopic (exact) mass is 220 g/mol. The van der Waals surface area contributed by atoms with Crippen LogP contribution in [0.2, 0.25) is 0 Å². The maximum absolute atomic E-state index is 11.1. The summed E-state index contributed by atoms with van der Waals surface area (Å²) in [6, 6.07) is 0. The molecule has 0 aliphatic heterocycles. The molecule has 1 unspecified atom stereocenters. The number of carbonyl (C=O) groups excluding carboxylic acids is 2. The fraction of sp³-hybridized carbons (Fsp3) is 0.800. The molecule has 1 atom stereocenters. The topological polar surface area (TPSA) is 43.4 Å². The highest BCUT2D eigenvalue weighted by Gasteiger charge is 2.30. The lowest BCUT2D eigenvalue weighted by Crippen LogP contribution is -2.29. The number of alkyl halides is 1. The van der Waals surface area contributed by atoms with Gasteiger partial charge in [0.05, 0.1) is 13.5 Å². The first-order chi connectivity index (χ1) is 6.27. The molecule has 3 nitrogen and oxygen atoms in total. The van der Waals surface area contributed by atoms with Crippen molar-refractivity contribution in [1.82, 2.24) is 0 Å². The molecule has 0 N–H and O–H groups in total. The van der Waals surface area contributed by atoms with Crippen LogP contribution in [0.4, 0.5) is 0 Å². The van der Waals surface area contributed by atoms with E-state index in [-0.39, 0.29) is 24.1 Å². The third-order valence-corrected chi connectivity index (χ3v) is 2.45. The summed E-state index contributed by atoms with van der Waals surface area (Å²) in [5, 5.41) is 0. The number of methoxy groups -OCH3 is 1. The van der Waals surface area contributed by atoms with Crippen LogP contribution in [0.25, 0.3) is 0 Å². The van der Waals surface area contributed by atoms with Gasteiger partial charge in [-0.15, -0.1) is 11.6 Å². The summed E-state index contributed by atoms with van der Waals surface area (Å²) in [4.78, 5) is 21.4. The van der Waals surface area contributed by atoms with Crippen molar-refractivity contribution in [1.29, 1.82) is 0 Å². The number of hydrogen-bond acceptors (Lipinski definition) is 3. The van der Waals surface area contributed by atoms with Gasteiger partial charge in [-0.05, 0) is 26.7 Å². The minimum Gasteiger partial charge on any atom is -0.469 e. The molecule has 0 rings (SSSR count). The fourth-order valence-electron chi connectivity index (χ4n) is 1.19. The standard InChI is InChI=1S/C10H17ClO3/c1-7(12)5-8(10(2,3)11)6-9(13)14-4/h8H,5-6H2,1-4H3. The van der Waals surface area contributed by atoms with Gasteiger partial charge in [0.2, 0.25) is 0 Å². The normalized spacial score (nSPS) is 13.5. The van der Waals surface area contributed by atoms with Gasteiger partial charge < -0.3 is 9.53 Å². The minimum atomic E-state index is -0.570. The van der Waals surface area contributed by atoms with E-state index >= 15 is 0 Å². The van der Waals surface area contributed by atoms with Crippen LogP contribution >= 0.6 is 11.6 Å². The summed E-state index contributed by atoms with van der Waals surface area (Å²) in [5.41, 5.74) is 0. The average molecular weight is 221 g/mol. The van der Waals surface area contributed by atoms with Crippen LogP contribution in [0.1, 0.15) is 33.6 Å². The Morgan fingerprint density at radius 2 is 1.86 bits per heavy atom. The molecular formula is C10H17ClO3. The van der Waals surface area contributed by atoms with E-state index in [0.29, 0.717) is 6.42 Å². The molecule has 82 valence electrons. The highest BCUT2D eigenvalue weighted by atomic mass is 35.5. The molecule has 0 radical (unpaired) electrons. The molecule has 0 aromatic heterocycles. The van der Waals surface area contributed by atoms with Crippen LogP contribution in [0, 0.1) is 5.92 Å². The number of rotatable bonds is 5. The average Bonchev–Trinajstić information content (AvgIpc) is 2.00. The van der Waals surface area contributed by atoms with Crippen molar-refractivity contribution < 1.29 is 14.3 Å². The quantitative estimate of drug-likeness (QED) is 0.527. The van der Waals surface area contributed by atoms with Crippen LogP contribution < -0.4 is 0 Å². The Balaban J connectivity index is 4.41. The fourth-order valence-corrected chi connectivity index (χ4v) is 1.34. The largest absolute Gasteiger partial charge is 0.469 e. The zero-order valence-corrected chi connectivity index (χ0v) is 9.85. The Morgan fingerprint density at radius 1 is 1.36 bits per heavy atom. The minimum absolute atomic E-state index is 0.0348. The van der Waals surface area contributed by atoms with Crippen LogP contribution in [0.15, 0.2) is 0 Å². The molecule has 0 aliphatic rings. The molecule has 0 saturated heterocycles. The van der Waals surface area contributed by atoms with Gasteiger partial charge in [-0.2, -0.15) is 0 Å². The molecule has 0 saturated carbocycles. The summed E-state index contributed by atoms with van der Waals surface area (Å²) in [6.07, 6.45) is 0.498. The Bertz CT molecular complexity index is 218. The van der Waals surface area contributed by atoms with Crippen molar-refractivity contribution in [3.8, 4) is 0 Å². The third kappa shape index (κ3) is 5.22. The molecule has 0 bridgehead atoms. The van der Waals surface area contributed by atoms with E-state index in [1.54, 1.807) is 13.8 Å². The Hall–Kier alpha value is -0.570. The van der Waals surface area contributed by atoms with Crippen LogP contribution in [-0.4, -0.2) is 23.7 Å². The second-order valence-electron chi connectivity index (χ2n) is 3.95. The molecule has 4 heteroatoms. The predicted molar refractivity (Wildman–Crippen MR) is 55.4 cm³/mol. The van der Waals surface area contributed by atoms with E-state index in [1.165, 1.54) is 14.0 Å². The van der Waals surface area contributed by atoms with Gasteiger partial charge in [-0.25, -0.2) is 0 Å². The second kappa shape index (κ2) is 5.35. The number of hydrogen-bond donors (Lipinski definition) is 0. The number of carbonyl (C=O) groups is 2. The van der Waals surface area contributed by atoms with E-state index in [0.717, 1.165) is 0 Å². The zero-order valence-electron chi connectivity index (χ0n) is 9.09. The third-order valence-electron chi connectivity index (χ3n) is 2.15. The van der Waals surface area contributed by atoms with Crippen LogP contribution in [0.5, 0.6) is 0 Å². The van der Waals surface area contributed by atoms with E-state index in [4.69, 9.17) is 11.6 Å². The van der Waals surface area contributed by atoms with Crippen LogP contribution in [-0.2, 0) is 14.3 Å². The van der Waals surface area contributed by atoms with Crippen molar-refractivity contribution in [3.05, 3.63) is 0 Å². The van der Waals surface area contributed by atoms with Gasteiger partial charge in [0.1, 0.15) is 5.78 Å². The van der Waals surface area contributed by atoms with E-state index in [9.17, 15) is 9.59 Å². The second-order valence-corrected chi connectivity index (χ2v) is 4.92. The summed E-state index contributed by atoms with van der Waals surface area (Å²) < 4.78 is 4.55. The summed E-state index contributed by atoms with van der Waals surface area (Å²) in [7, 11) is 1.33. The van der Waals surface area contributed by atoms with E-state index in [2.05, 4.69) is 4.74 Å². The zero-order chi connectivity index (χ0) is 11.4. The lowest BCUT2D eigenvalue weighted by atomic mass is 9.87. The molecule has 0 aromatic carbocycles. The highest BCUT2D eigenvalue weighted by Crippen LogP contribution is 2.30. The number of Topliss-reactive ketones (excluding diaryl/α,β-unsaturated/α-hetero) is 1. The van der Waals surface area contributed by atoms with Crippen molar-refractivity contribution in [2.75, 3.05) is 7.11 Å². The maximum atomic E-state index is 11.1. The van der Waals surface area contributed by atoms with Crippen molar-refractivity contribution in [3.63, 3.8) is 0 Å². The summed E-state index contributed by atoms with van der Waals surface area (Å²) >= 11 is 6.08. The molecule has 0 fully saturated rings. The van der Waals surface area contributed by atoms with Crippen molar-refractivity contribution in [2.24, 2.45) is 5.92 Å². The van der Waals surface area contributed by atoms with Gasteiger partial charge in [0.15, 0.2) is 0 Å². The number of esters is 1. The van der Waals surface area contributed by atoms with Crippen molar-refractivity contribution >= 4 is 23.4 Å². The SMILES string of the molecule is COC(=O)CC(CC(C)=O)C(C)(C)Cl. The van der Waals surface area contributed by atoms with E-state index < -0.39 is 4.87 Å². The Labute approximate surface area is 89.8 Å². The predicted octanol–water partition coefficient (Wildman–Crippen LogP) is 2.16. The number of ketones is 1. The van der Waals surface area contributed by atoms with Gasteiger partial charge in [-0.1, -0.05) is 0 Å². The summed E-state index contributed by atoms with van der Waals surface area (Å²) in [6.45, 7) is 5.09. The summed E-state index contributed by atoms with van der Waals surface area (Å²) in [5.74, 6) is -0.466. The molecular weight excluding hydrogens is 204 g/mol. The lowest BCUT2D eigenvalue weighted by molar-refractivity contribution is -0.142. The number of halogens is 1. The van der Waals surface area contributed by atoms with Crippen molar-refractivity contribution in [2.45, 2.75) is 38.5 Å². The molecule has 0 spiro atoms. The lowest BCUT2D eigenvalue weighted by Gasteiger charge is -2.26. The first-order valence-corrected chi connectivity index (χ1v) is 4.90. The van der Waals surface area contributed by atoms with Gasteiger partial charge in [0, 0.05) is 11.3 Å². The molecule has 14 heavy (non-hydrogen) atoms. The van der Waals surface area contributed by atoms with E-state index in [1.807, 2.05) is 0 Å². The maximum Gasteiger partial charge on any atom is 0.305 e. The van der Waals surface area contributed by atoms with Gasteiger partial charge in [0.25, 0.3) is 0 Å². The van der Waals surface area contributed by atoms with Gasteiger partial charge in [-0.3, -0.25) is 4.79 Å². The molecule has 0 heterocycles. The first kappa shape index (κ1) is 13.4. The highest BCUT2D eigenvalue weighted by molar-refractivity contribution is 6.23. The smallest absolute Gasteiger partial charge is 0.305 e. The molecule has 0 amide bonds. The van der Waals surface area contributed by atoms with Gasteiger partial charge >= 0.3 is 5.97 Å². The Kier molecular flexibility index (Phi) is 5.13. The molecule has 0 aromatic rings. The number of ether oxygens (including phenoxy) is 1. The van der Waals surface area contributed by atoms with Crippen LogP contribution in [0.3, 0.4) is 0 Å². The first-order valence-electron chi connectivity index (χ1n) is 4.52. The Morgan fingerprint density at radius 3 is 2.14 bits per heavy atom.